The fourth-order valence-electron chi connectivity index (χ4n) is 2.54. The van der Waals surface area contributed by atoms with Crippen LogP contribution in [-0.2, 0) is 13.2 Å². The Balaban J connectivity index is 1.65. The van der Waals surface area contributed by atoms with Gasteiger partial charge in [-0.15, -0.1) is 5.10 Å². The van der Waals surface area contributed by atoms with Crippen LogP contribution in [0.2, 0.25) is 0 Å². The molecule has 1 unspecified atom stereocenters. The quantitative estimate of drug-likeness (QED) is 0.546. The lowest BCUT2D eigenvalue weighted by Crippen LogP contribution is -2.22. The molecular formula is C19H19F2N3O2S. The van der Waals surface area contributed by atoms with Crippen LogP contribution in [0.4, 0.5) is 8.78 Å². The van der Waals surface area contributed by atoms with Gasteiger partial charge in [-0.25, -0.2) is 13.5 Å². The maximum absolute atomic E-state index is 13.7. The molecule has 0 aliphatic heterocycles. The van der Waals surface area contributed by atoms with Gasteiger partial charge in [0.1, 0.15) is 5.82 Å². The lowest BCUT2D eigenvalue weighted by molar-refractivity contribution is 0.179. The normalized spacial score (nSPS) is 12.3. The summed E-state index contributed by atoms with van der Waals surface area (Å²) < 4.78 is 39.3. The van der Waals surface area contributed by atoms with Crippen LogP contribution in [0.15, 0.2) is 52.9 Å². The van der Waals surface area contributed by atoms with Gasteiger partial charge >= 0.3 is 0 Å². The van der Waals surface area contributed by atoms with E-state index < -0.39 is 11.9 Å². The number of ether oxygens (including phenoxy) is 1. The molecule has 1 heterocycles. The van der Waals surface area contributed by atoms with Crippen molar-refractivity contribution in [3.63, 3.8) is 0 Å². The van der Waals surface area contributed by atoms with Gasteiger partial charge in [-0.3, -0.25) is 4.90 Å². The first-order valence-corrected chi connectivity index (χ1v) is 8.75. The topological polar surface area (TPSA) is 43.4 Å². The summed E-state index contributed by atoms with van der Waals surface area (Å²) in [5.74, 6) is -0.345. The summed E-state index contributed by atoms with van der Waals surface area (Å²) in [7, 11) is 1.89. The molecule has 27 heavy (non-hydrogen) atoms. The van der Waals surface area contributed by atoms with Crippen LogP contribution in [0, 0.1) is 16.5 Å². The van der Waals surface area contributed by atoms with Crippen molar-refractivity contribution in [1.82, 2.24) is 14.7 Å². The minimum absolute atomic E-state index is 0.120. The smallest absolute Gasteiger partial charge is 0.288 e. The average Bonchev–Trinajstić information content (AvgIpc) is 2.99. The number of nitrogens with zero attached hydrogens (tertiary/aromatic N) is 3. The summed E-state index contributed by atoms with van der Waals surface area (Å²) in [5, 5.41) is 4.33. The molecule has 3 aromatic rings. The zero-order valence-corrected chi connectivity index (χ0v) is 15.7. The first kappa shape index (κ1) is 19.2. The van der Waals surface area contributed by atoms with E-state index >= 15 is 0 Å². The Hall–Kier alpha value is -2.58. The number of hydrogen-bond donors (Lipinski definition) is 0. The summed E-state index contributed by atoms with van der Waals surface area (Å²) in [6.45, 7) is 2.68. The molecule has 2 aromatic carbocycles. The van der Waals surface area contributed by atoms with Crippen molar-refractivity contribution >= 4 is 12.2 Å². The van der Waals surface area contributed by atoms with Crippen molar-refractivity contribution in [3.8, 4) is 5.75 Å². The Morgan fingerprint density at radius 2 is 1.89 bits per heavy atom. The molecule has 0 saturated carbocycles. The third kappa shape index (κ3) is 4.99. The maximum Gasteiger partial charge on any atom is 0.288 e. The molecule has 1 aromatic heterocycles. The number of para-hydroxylation sites is 1. The molecule has 8 heteroatoms. The van der Waals surface area contributed by atoms with E-state index in [4.69, 9.17) is 21.4 Å². The molecule has 0 fully saturated rings. The maximum atomic E-state index is 13.7. The fraction of sp³-hybridized carbons (Fsp3) is 0.263. The lowest BCUT2D eigenvalue weighted by Gasteiger charge is -2.16. The van der Waals surface area contributed by atoms with E-state index in [-0.39, 0.29) is 22.3 Å². The van der Waals surface area contributed by atoms with E-state index in [9.17, 15) is 8.78 Å². The van der Waals surface area contributed by atoms with E-state index in [0.717, 1.165) is 5.56 Å². The number of halogens is 2. The van der Waals surface area contributed by atoms with E-state index in [2.05, 4.69) is 5.10 Å². The summed E-state index contributed by atoms with van der Waals surface area (Å²) in [5.41, 5.74) is 0.963. The molecular weight excluding hydrogens is 372 g/mol. The Labute approximate surface area is 160 Å². The van der Waals surface area contributed by atoms with E-state index in [1.165, 1.54) is 28.9 Å². The second-order valence-electron chi connectivity index (χ2n) is 6.18. The Morgan fingerprint density at radius 3 is 2.59 bits per heavy atom. The Morgan fingerprint density at radius 1 is 1.19 bits per heavy atom. The van der Waals surface area contributed by atoms with Crippen LogP contribution in [0.5, 0.6) is 5.75 Å². The summed E-state index contributed by atoms with van der Waals surface area (Å²) >= 11 is 5.21. The third-order valence-electron chi connectivity index (χ3n) is 3.85. The van der Waals surface area contributed by atoms with Crippen molar-refractivity contribution in [2.75, 3.05) is 7.05 Å². The molecule has 0 bridgehead atoms. The minimum Gasteiger partial charge on any atom is -0.478 e. The van der Waals surface area contributed by atoms with Crippen molar-refractivity contribution < 1.29 is 17.9 Å². The highest BCUT2D eigenvalue weighted by Gasteiger charge is 2.17. The van der Waals surface area contributed by atoms with Crippen LogP contribution in [0.1, 0.15) is 24.5 Å². The zero-order valence-electron chi connectivity index (χ0n) is 14.9. The minimum atomic E-state index is -0.604. The summed E-state index contributed by atoms with van der Waals surface area (Å²) in [6, 6.07) is 12.4. The van der Waals surface area contributed by atoms with Gasteiger partial charge in [-0.2, -0.15) is 0 Å². The molecule has 0 spiro atoms. The predicted molar refractivity (Wildman–Crippen MR) is 98.6 cm³/mol. The molecule has 142 valence electrons. The van der Waals surface area contributed by atoms with Gasteiger partial charge in [0.2, 0.25) is 0 Å². The molecule has 0 saturated heterocycles. The lowest BCUT2D eigenvalue weighted by atomic mass is 10.2. The number of rotatable bonds is 7. The van der Waals surface area contributed by atoms with Crippen molar-refractivity contribution in [3.05, 3.63) is 76.5 Å². The van der Waals surface area contributed by atoms with Gasteiger partial charge in [-0.05, 0) is 56.0 Å². The summed E-state index contributed by atoms with van der Waals surface area (Å²) in [6.07, 6.45) is -0.604. The molecule has 0 aliphatic rings. The van der Waals surface area contributed by atoms with Gasteiger partial charge in [-0.1, -0.05) is 24.3 Å². The van der Waals surface area contributed by atoms with Gasteiger partial charge < -0.3 is 9.15 Å². The Bertz CT molecular complexity index is 956. The van der Waals surface area contributed by atoms with Crippen LogP contribution in [0.3, 0.4) is 0 Å². The monoisotopic (exact) mass is 391 g/mol. The third-order valence-corrected chi connectivity index (χ3v) is 4.15. The predicted octanol–water partition coefficient (Wildman–Crippen LogP) is 4.71. The van der Waals surface area contributed by atoms with Crippen LogP contribution < -0.4 is 4.74 Å². The standard InChI is InChI=1S/C19H19F2N3O2S/c1-13(25-17-6-4-3-5-16(17)21)18-22-24(19(27)26-18)12-23(2)11-14-7-9-15(20)10-8-14/h3-10,13H,11-12H2,1-2H3. The van der Waals surface area contributed by atoms with Crippen LogP contribution >= 0.6 is 12.2 Å². The molecule has 0 radical (unpaired) electrons. The van der Waals surface area contributed by atoms with Gasteiger partial charge in [0.15, 0.2) is 17.7 Å². The van der Waals surface area contributed by atoms with Crippen LogP contribution in [-0.4, -0.2) is 21.7 Å². The van der Waals surface area contributed by atoms with E-state index in [1.54, 1.807) is 31.2 Å². The highest BCUT2D eigenvalue weighted by Crippen LogP contribution is 2.23. The SMILES string of the molecule is CC(Oc1ccccc1F)c1nn(CN(C)Cc2ccc(F)cc2)c(=S)o1. The number of aromatic nitrogens is 2. The van der Waals surface area contributed by atoms with E-state index in [1.807, 2.05) is 11.9 Å². The number of benzene rings is 2. The highest BCUT2D eigenvalue weighted by atomic mass is 32.1. The van der Waals surface area contributed by atoms with E-state index in [0.29, 0.717) is 13.2 Å². The summed E-state index contributed by atoms with van der Waals surface area (Å²) in [4.78, 5) is 2.15. The number of hydrogen-bond acceptors (Lipinski definition) is 5. The van der Waals surface area contributed by atoms with Crippen molar-refractivity contribution in [2.24, 2.45) is 0 Å². The molecule has 0 aliphatic carbocycles. The molecule has 0 N–H and O–H groups in total. The Kier molecular flexibility index (Phi) is 5.98. The largest absolute Gasteiger partial charge is 0.478 e. The second kappa shape index (κ2) is 8.41. The van der Waals surface area contributed by atoms with Crippen molar-refractivity contribution in [2.45, 2.75) is 26.2 Å². The highest BCUT2D eigenvalue weighted by molar-refractivity contribution is 7.71. The average molecular weight is 391 g/mol. The van der Waals surface area contributed by atoms with Gasteiger partial charge in [0.25, 0.3) is 10.7 Å². The molecule has 5 nitrogen and oxygen atoms in total. The van der Waals surface area contributed by atoms with Gasteiger partial charge in [0.05, 0.1) is 6.67 Å². The molecule has 0 amide bonds. The van der Waals surface area contributed by atoms with Crippen LogP contribution in [0.25, 0.3) is 0 Å². The second-order valence-corrected chi connectivity index (χ2v) is 6.53. The van der Waals surface area contributed by atoms with Gasteiger partial charge in [0, 0.05) is 6.54 Å². The fourth-order valence-corrected chi connectivity index (χ4v) is 2.72. The van der Waals surface area contributed by atoms with Crippen molar-refractivity contribution in [1.29, 1.82) is 0 Å². The first-order valence-electron chi connectivity index (χ1n) is 8.34. The first-order chi connectivity index (χ1) is 12.9. The molecule has 1 atom stereocenters. The molecule has 3 rings (SSSR count). The zero-order chi connectivity index (χ0) is 19.4.